The molecule has 0 radical (unpaired) electrons. The average molecular weight is 350 g/mol. The van der Waals surface area contributed by atoms with Crippen molar-refractivity contribution in [1.82, 2.24) is 9.97 Å². The number of fused-ring (bicyclic) bond motifs is 1. The van der Waals surface area contributed by atoms with Gasteiger partial charge in [0.05, 0.1) is 17.2 Å². The van der Waals surface area contributed by atoms with Crippen LogP contribution in [0.4, 0.5) is 0 Å². The minimum atomic E-state index is -1.73. The maximum atomic E-state index is 12.5. The van der Waals surface area contributed by atoms with Crippen molar-refractivity contribution in [3.8, 4) is 11.6 Å². The van der Waals surface area contributed by atoms with Crippen molar-refractivity contribution in [3.63, 3.8) is 0 Å². The summed E-state index contributed by atoms with van der Waals surface area (Å²) in [5, 5.41) is 0. The second-order valence-electron chi connectivity index (χ2n) is 5.55. The molecule has 26 heavy (non-hydrogen) atoms. The van der Waals surface area contributed by atoms with Crippen LogP contribution < -0.4 is 9.47 Å². The van der Waals surface area contributed by atoms with Gasteiger partial charge in [0.2, 0.25) is 5.88 Å². The molecule has 132 valence electrons. The van der Waals surface area contributed by atoms with E-state index in [9.17, 15) is 4.79 Å². The molecule has 1 heterocycles. The molecule has 1 aromatic heterocycles. The normalized spacial score (nSPS) is 12.8. The number of para-hydroxylation sites is 3. The summed E-state index contributed by atoms with van der Waals surface area (Å²) in [7, 11) is 0. The van der Waals surface area contributed by atoms with E-state index in [1.807, 2.05) is 24.3 Å². The van der Waals surface area contributed by atoms with Crippen molar-refractivity contribution >= 4 is 17.0 Å². The summed E-state index contributed by atoms with van der Waals surface area (Å²) < 4.78 is 16.7. The lowest BCUT2D eigenvalue weighted by Crippen LogP contribution is -2.48. The van der Waals surface area contributed by atoms with Crippen molar-refractivity contribution in [3.05, 3.63) is 73.4 Å². The van der Waals surface area contributed by atoms with Gasteiger partial charge < -0.3 is 14.2 Å². The predicted octanol–water partition coefficient (Wildman–Crippen LogP) is 3.53. The van der Waals surface area contributed by atoms with Gasteiger partial charge in [0.15, 0.2) is 0 Å². The van der Waals surface area contributed by atoms with E-state index in [-0.39, 0.29) is 12.5 Å². The molecular weight excluding hydrogens is 332 g/mol. The van der Waals surface area contributed by atoms with Crippen LogP contribution in [-0.2, 0) is 9.53 Å². The van der Waals surface area contributed by atoms with Crippen molar-refractivity contribution in [2.75, 3.05) is 6.61 Å². The Labute approximate surface area is 151 Å². The van der Waals surface area contributed by atoms with Gasteiger partial charge in [-0.15, -0.1) is 0 Å². The number of nitrogens with zero attached hydrogens (tertiary/aromatic N) is 2. The summed E-state index contributed by atoms with van der Waals surface area (Å²) in [4.78, 5) is 21.2. The van der Waals surface area contributed by atoms with Crippen molar-refractivity contribution in [1.29, 1.82) is 0 Å². The Morgan fingerprint density at radius 3 is 2.50 bits per heavy atom. The summed E-state index contributed by atoms with van der Waals surface area (Å²) >= 11 is 0. The first kappa shape index (κ1) is 17.4. The molecule has 2 aromatic carbocycles. The highest BCUT2D eigenvalue weighted by atomic mass is 16.7. The van der Waals surface area contributed by atoms with Crippen molar-refractivity contribution in [2.24, 2.45) is 0 Å². The Bertz CT molecular complexity index is 914. The molecule has 1 unspecified atom stereocenters. The topological polar surface area (TPSA) is 70.5 Å². The standard InChI is InChI=1S/C20H18N2O4/c1-3-13-24-19(23)20(2,25-15-9-5-4-6-10-15)26-18-14-21-16-11-7-8-12-17(16)22-18/h3-12,14H,1,13H2,2H3. The summed E-state index contributed by atoms with van der Waals surface area (Å²) in [5.74, 6) is -1.82. The van der Waals surface area contributed by atoms with E-state index < -0.39 is 11.8 Å². The number of benzene rings is 2. The Hall–Kier alpha value is -3.41. The number of aromatic nitrogens is 2. The summed E-state index contributed by atoms with van der Waals surface area (Å²) in [6.07, 6.45) is 2.91. The predicted molar refractivity (Wildman–Crippen MR) is 96.8 cm³/mol. The first-order chi connectivity index (χ1) is 12.6. The molecule has 0 amide bonds. The molecule has 0 spiro atoms. The van der Waals surface area contributed by atoms with Crippen molar-refractivity contribution < 1.29 is 19.0 Å². The third-order valence-corrected chi connectivity index (χ3v) is 3.48. The van der Waals surface area contributed by atoms with E-state index in [4.69, 9.17) is 14.2 Å². The zero-order valence-corrected chi connectivity index (χ0v) is 14.3. The third-order valence-electron chi connectivity index (χ3n) is 3.48. The molecule has 0 aliphatic carbocycles. The molecule has 0 bridgehead atoms. The fraction of sp³-hybridized carbons (Fsp3) is 0.150. The average Bonchev–Trinajstić information content (AvgIpc) is 2.66. The number of carbonyl (C=O) groups is 1. The molecule has 0 saturated heterocycles. The van der Waals surface area contributed by atoms with Gasteiger partial charge in [-0.2, -0.15) is 0 Å². The zero-order chi connectivity index (χ0) is 18.4. The van der Waals surface area contributed by atoms with Gasteiger partial charge in [0.1, 0.15) is 12.4 Å². The number of rotatable bonds is 7. The Kier molecular flexibility index (Phi) is 5.12. The molecule has 3 rings (SSSR count). The summed E-state index contributed by atoms with van der Waals surface area (Å²) in [6, 6.07) is 16.2. The van der Waals surface area contributed by atoms with E-state index >= 15 is 0 Å². The molecule has 1 atom stereocenters. The SMILES string of the molecule is C=CCOC(=O)C(C)(Oc1ccccc1)Oc1cnc2ccccc2n1. The monoisotopic (exact) mass is 350 g/mol. The lowest BCUT2D eigenvalue weighted by atomic mass is 10.3. The van der Waals surface area contributed by atoms with Gasteiger partial charge in [-0.25, -0.2) is 14.8 Å². The Balaban J connectivity index is 1.90. The van der Waals surface area contributed by atoms with Gasteiger partial charge in [0, 0.05) is 6.92 Å². The van der Waals surface area contributed by atoms with E-state index in [1.165, 1.54) is 19.2 Å². The van der Waals surface area contributed by atoms with Crippen LogP contribution in [0.5, 0.6) is 11.6 Å². The van der Waals surface area contributed by atoms with Crippen LogP contribution in [-0.4, -0.2) is 28.3 Å². The third kappa shape index (κ3) is 3.97. The van der Waals surface area contributed by atoms with Gasteiger partial charge in [-0.1, -0.05) is 43.0 Å². The molecule has 3 aromatic rings. The summed E-state index contributed by atoms with van der Waals surface area (Å²) in [5.41, 5.74) is 1.37. The second kappa shape index (κ2) is 7.65. The highest BCUT2D eigenvalue weighted by molar-refractivity contribution is 5.78. The molecule has 0 aliphatic heterocycles. The minimum absolute atomic E-state index is 0.0410. The van der Waals surface area contributed by atoms with E-state index in [2.05, 4.69) is 16.5 Å². The Morgan fingerprint density at radius 1 is 1.08 bits per heavy atom. The molecule has 0 aliphatic rings. The number of carbonyl (C=O) groups excluding carboxylic acids is 1. The highest BCUT2D eigenvalue weighted by Gasteiger charge is 2.41. The highest BCUT2D eigenvalue weighted by Crippen LogP contribution is 2.24. The van der Waals surface area contributed by atoms with Crippen LogP contribution in [0.2, 0.25) is 0 Å². The summed E-state index contributed by atoms with van der Waals surface area (Å²) in [6.45, 7) is 5.05. The number of esters is 1. The van der Waals surface area contributed by atoms with E-state index in [0.29, 0.717) is 11.3 Å². The van der Waals surface area contributed by atoms with Gasteiger partial charge >= 0.3 is 11.8 Å². The number of hydrogen-bond acceptors (Lipinski definition) is 6. The molecule has 0 N–H and O–H groups in total. The zero-order valence-electron chi connectivity index (χ0n) is 14.3. The largest absolute Gasteiger partial charge is 0.456 e. The quantitative estimate of drug-likeness (QED) is 0.369. The number of ether oxygens (including phenoxy) is 3. The maximum absolute atomic E-state index is 12.5. The van der Waals surface area contributed by atoms with Crippen LogP contribution in [0.25, 0.3) is 11.0 Å². The Morgan fingerprint density at radius 2 is 1.77 bits per heavy atom. The van der Waals surface area contributed by atoms with Crippen LogP contribution in [0, 0.1) is 0 Å². The van der Waals surface area contributed by atoms with Crippen molar-refractivity contribution in [2.45, 2.75) is 12.7 Å². The van der Waals surface area contributed by atoms with Gasteiger partial charge in [-0.05, 0) is 24.3 Å². The first-order valence-corrected chi connectivity index (χ1v) is 8.04. The lowest BCUT2D eigenvalue weighted by molar-refractivity contribution is -0.187. The fourth-order valence-electron chi connectivity index (χ4n) is 2.27. The molecule has 6 nitrogen and oxygen atoms in total. The molecule has 6 heteroatoms. The van der Waals surface area contributed by atoms with E-state index in [1.54, 1.807) is 30.3 Å². The van der Waals surface area contributed by atoms with Crippen LogP contribution in [0.15, 0.2) is 73.4 Å². The van der Waals surface area contributed by atoms with Gasteiger partial charge in [-0.3, -0.25) is 0 Å². The van der Waals surface area contributed by atoms with Crippen LogP contribution >= 0.6 is 0 Å². The molecule has 0 fully saturated rings. The van der Waals surface area contributed by atoms with Gasteiger partial charge in [0.25, 0.3) is 0 Å². The minimum Gasteiger partial charge on any atom is -0.456 e. The van der Waals surface area contributed by atoms with E-state index in [0.717, 1.165) is 5.52 Å². The fourth-order valence-corrected chi connectivity index (χ4v) is 2.27. The maximum Gasteiger partial charge on any atom is 0.392 e. The lowest BCUT2D eigenvalue weighted by Gasteiger charge is -2.28. The first-order valence-electron chi connectivity index (χ1n) is 8.04. The van der Waals surface area contributed by atoms with Crippen LogP contribution in [0.1, 0.15) is 6.92 Å². The van der Waals surface area contributed by atoms with Crippen LogP contribution in [0.3, 0.4) is 0 Å². The molecular formula is C20H18N2O4. The second-order valence-corrected chi connectivity index (χ2v) is 5.55. The molecule has 0 saturated carbocycles. The smallest absolute Gasteiger partial charge is 0.392 e. The number of hydrogen-bond donors (Lipinski definition) is 0.